The van der Waals surface area contributed by atoms with Gasteiger partial charge in [-0.2, -0.15) is 0 Å². The van der Waals surface area contributed by atoms with Gasteiger partial charge < -0.3 is 14.8 Å². The summed E-state index contributed by atoms with van der Waals surface area (Å²) in [5.74, 6) is -0.896. The van der Waals surface area contributed by atoms with Gasteiger partial charge in [-0.15, -0.1) is 0 Å². The normalized spacial score (nSPS) is 12.1. The smallest absolute Gasteiger partial charge is 0.550 e. The van der Waals surface area contributed by atoms with Crippen molar-refractivity contribution in [2.45, 2.75) is 187 Å². The number of unbranched alkanes of at least 4 members (excludes halogenated alkanes) is 20. The first-order valence-corrected chi connectivity index (χ1v) is 16.1. The van der Waals surface area contributed by atoms with E-state index in [1.807, 2.05) is 0 Å². The first-order chi connectivity index (χ1) is 17.2. The molecule has 0 saturated heterocycles. The Balaban J connectivity index is 0. The molecule has 1 unspecified atom stereocenters. The average molecular weight is 518 g/mol. The second-order valence-corrected chi connectivity index (χ2v) is 11.1. The molecule has 1 atom stereocenters. The molecule has 4 heteroatoms. The molecule has 0 N–H and O–H groups in total. The zero-order valence-electron chi connectivity index (χ0n) is 25.4. The van der Waals surface area contributed by atoms with Crippen LogP contribution in [0.4, 0.5) is 0 Å². The summed E-state index contributed by atoms with van der Waals surface area (Å²) < 4.78 is 0. The van der Waals surface area contributed by atoms with Gasteiger partial charge in [0.15, 0.2) is 0 Å². The van der Waals surface area contributed by atoms with E-state index in [0.29, 0.717) is 6.04 Å². The van der Waals surface area contributed by atoms with Gasteiger partial charge in [0, 0.05) is 12.0 Å². The zero-order chi connectivity index (χ0) is 25.8. The first-order valence-electron chi connectivity index (χ1n) is 16.1. The van der Waals surface area contributed by atoms with Gasteiger partial charge in [-0.1, -0.05) is 149 Å². The number of carboxylic acids is 1. The van der Waals surface area contributed by atoms with Crippen molar-refractivity contribution >= 4 is 5.97 Å². The van der Waals surface area contributed by atoms with Crippen molar-refractivity contribution in [2.24, 2.45) is 0 Å². The molecule has 0 aliphatic carbocycles. The van der Waals surface area contributed by atoms with Gasteiger partial charge in [-0.25, -0.2) is 0 Å². The summed E-state index contributed by atoms with van der Waals surface area (Å²) in [6.45, 7) is 9.06. The summed E-state index contributed by atoms with van der Waals surface area (Å²) in [5, 5.41) is 11.0. The molecule has 0 rings (SSSR count). The van der Waals surface area contributed by atoms with Crippen LogP contribution < -0.4 is 34.7 Å². The molecule has 0 aromatic carbocycles. The number of carbonyl (C=O) groups is 1. The van der Waals surface area contributed by atoms with Crippen LogP contribution >= 0.6 is 0 Å². The predicted molar refractivity (Wildman–Crippen MR) is 153 cm³/mol. The average Bonchev–Trinajstić information content (AvgIpc) is 2.85. The second-order valence-electron chi connectivity index (χ2n) is 11.1. The Morgan fingerprint density at radius 3 is 1.14 bits per heavy atom. The van der Waals surface area contributed by atoms with Crippen molar-refractivity contribution in [1.82, 2.24) is 4.90 Å². The Bertz CT molecular complexity index is 406. The van der Waals surface area contributed by atoms with Crippen molar-refractivity contribution < 1.29 is 39.5 Å². The Morgan fingerprint density at radius 2 is 0.861 bits per heavy atom. The molecule has 0 aromatic rings. The third kappa shape index (κ3) is 27.5. The molecule has 36 heavy (non-hydrogen) atoms. The standard InChI is InChI=1S/C32H65NO2.Na/c1-4-7-9-11-13-15-17-19-21-23-25-29-33(31(6-3)27-28-32(34)35)30-26-24-22-20-18-16-14-12-10-8-5-2;/h31H,4-30H2,1-3H3,(H,34,35);/q;+1/p-1. The molecular weight excluding hydrogens is 453 g/mol. The summed E-state index contributed by atoms with van der Waals surface area (Å²) >= 11 is 0. The minimum atomic E-state index is -0.896. The SMILES string of the molecule is CCCCCCCCCCCCCN(CCCCCCCCCCCCC)C(CC)CCC(=O)[O-].[Na+]. The molecule has 0 spiro atoms. The number of hydrogen-bond donors (Lipinski definition) is 0. The molecule has 0 amide bonds. The van der Waals surface area contributed by atoms with E-state index in [2.05, 4.69) is 25.7 Å². The fourth-order valence-electron chi connectivity index (χ4n) is 5.36. The van der Waals surface area contributed by atoms with Crippen molar-refractivity contribution in [3.8, 4) is 0 Å². The van der Waals surface area contributed by atoms with E-state index in [-0.39, 0.29) is 36.0 Å². The zero-order valence-corrected chi connectivity index (χ0v) is 27.4. The molecule has 0 aliphatic rings. The van der Waals surface area contributed by atoms with Gasteiger partial charge in [0.2, 0.25) is 0 Å². The van der Waals surface area contributed by atoms with E-state index in [1.54, 1.807) is 0 Å². The van der Waals surface area contributed by atoms with Crippen LogP contribution in [0.3, 0.4) is 0 Å². The van der Waals surface area contributed by atoms with Gasteiger partial charge >= 0.3 is 29.6 Å². The van der Waals surface area contributed by atoms with Crippen LogP contribution in [0.1, 0.15) is 181 Å². The molecule has 210 valence electrons. The first kappa shape index (κ1) is 38.6. The monoisotopic (exact) mass is 517 g/mol. The van der Waals surface area contributed by atoms with E-state index >= 15 is 0 Å². The summed E-state index contributed by atoms with van der Waals surface area (Å²) in [6, 6.07) is 0.402. The Labute approximate surface area is 249 Å². The van der Waals surface area contributed by atoms with Crippen LogP contribution in [0.25, 0.3) is 0 Å². The van der Waals surface area contributed by atoms with Gasteiger partial charge in [0.05, 0.1) is 0 Å². The molecule has 0 saturated carbocycles. The molecule has 0 aromatic heterocycles. The third-order valence-corrected chi connectivity index (χ3v) is 7.77. The third-order valence-electron chi connectivity index (χ3n) is 7.77. The molecule has 0 heterocycles. The second kappa shape index (κ2) is 31.6. The van der Waals surface area contributed by atoms with Crippen molar-refractivity contribution in [3.05, 3.63) is 0 Å². The summed E-state index contributed by atoms with van der Waals surface area (Å²) in [4.78, 5) is 13.6. The minimum Gasteiger partial charge on any atom is -0.550 e. The van der Waals surface area contributed by atoms with Crippen LogP contribution in [-0.2, 0) is 4.79 Å². The number of hydrogen-bond acceptors (Lipinski definition) is 3. The van der Waals surface area contributed by atoms with Crippen LogP contribution in [0.15, 0.2) is 0 Å². The fraction of sp³-hybridized carbons (Fsp3) is 0.969. The molecule has 0 radical (unpaired) electrons. The van der Waals surface area contributed by atoms with E-state index in [0.717, 1.165) is 25.9 Å². The van der Waals surface area contributed by atoms with Gasteiger partial charge in [0.25, 0.3) is 0 Å². The molecule has 0 aliphatic heterocycles. The van der Waals surface area contributed by atoms with Crippen LogP contribution in [-0.4, -0.2) is 30.0 Å². The summed E-state index contributed by atoms with van der Waals surface area (Å²) in [7, 11) is 0. The van der Waals surface area contributed by atoms with Gasteiger partial charge in [0.1, 0.15) is 0 Å². The van der Waals surface area contributed by atoms with E-state index < -0.39 is 5.97 Å². The summed E-state index contributed by atoms with van der Waals surface area (Å²) in [6.07, 6.45) is 32.3. The number of carboxylic acid groups (broad SMARTS) is 1. The predicted octanol–water partition coefficient (Wildman–Crippen LogP) is 6.22. The van der Waals surface area contributed by atoms with Crippen molar-refractivity contribution in [1.29, 1.82) is 0 Å². The molecule has 3 nitrogen and oxygen atoms in total. The number of rotatable bonds is 29. The number of aliphatic carboxylic acids is 1. The van der Waals surface area contributed by atoms with E-state index in [9.17, 15) is 9.90 Å². The maximum atomic E-state index is 11.0. The number of carbonyl (C=O) groups excluding carboxylic acids is 1. The van der Waals surface area contributed by atoms with Crippen LogP contribution in [0.5, 0.6) is 0 Å². The van der Waals surface area contributed by atoms with Crippen molar-refractivity contribution in [3.63, 3.8) is 0 Å². The summed E-state index contributed by atoms with van der Waals surface area (Å²) in [5.41, 5.74) is 0. The molecule has 0 bridgehead atoms. The Hall–Kier alpha value is 0.430. The Morgan fingerprint density at radius 1 is 0.556 bits per heavy atom. The van der Waals surface area contributed by atoms with E-state index in [1.165, 1.54) is 141 Å². The molecular formula is C32H64NNaO2. The van der Waals surface area contributed by atoms with E-state index in [4.69, 9.17) is 0 Å². The van der Waals surface area contributed by atoms with Crippen molar-refractivity contribution in [2.75, 3.05) is 13.1 Å². The largest absolute Gasteiger partial charge is 1.00 e. The Kier molecular flexibility index (Phi) is 33.9. The molecule has 0 fully saturated rings. The maximum Gasteiger partial charge on any atom is 1.00 e. The van der Waals surface area contributed by atoms with Crippen LogP contribution in [0, 0.1) is 0 Å². The minimum absolute atomic E-state index is 0. The van der Waals surface area contributed by atoms with Crippen LogP contribution in [0.2, 0.25) is 0 Å². The maximum absolute atomic E-state index is 11.0. The van der Waals surface area contributed by atoms with Gasteiger partial charge in [-0.3, -0.25) is 0 Å². The number of nitrogens with zero attached hydrogens (tertiary/aromatic N) is 1. The topological polar surface area (TPSA) is 43.4 Å². The van der Waals surface area contributed by atoms with Gasteiger partial charge in [-0.05, 0) is 45.2 Å². The quantitative estimate of drug-likeness (QED) is 0.0873. The fourth-order valence-corrected chi connectivity index (χ4v) is 5.36.